The Bertz CT molecular complexity index is 968. The van der Waals surface area contributed by atoms with Gasteiger partial charge in [0.05, 0.1) is 5.56 Å². The molecule has 130 valence electrons. The van der Waals surface area contributed by atoms with Crippen LogP contribution >= 0.6 is 0 Å². The lowest BCUT2D eigenvalue weighted by molar-refractivity contribution is 0.246. The fraction of sp³-hybridized carbons (Fsp3) is 0.333. The van der Waals surface area contributed by atoms with Gasteiger partial charge in [0.15, 0.2) is 0 Å². The number of nitrogens with one attached hydrogen (secondary N) is 1. The molecule has 0 amide bonds. The first-order chi connectivity index (χ1) is 12.8. The molecule has 5 nitrogen and oxygen atoms in total. The van der Waals surface area contributed by atoms with Crippen molar-refractivity contribution in [1.29, 1.82) is 5.26 Å². The van der Waals surface area contributed by atoms with Gasteiger partial charge in [0.1, 0.15) is 11.9 Å². The second-order valence-corrected chi connectivity index (χ2v) is 7.41. The lowest BCUT2D eigenvalue weighted by Crippen LogP contribution is -2.34. The highest BCUT2D eigenvalue weighted by Gasteiger charge is 2.41. The Kier molecular flexibility index (Phi) is 3.65. The first kappa shape index (κ1) is 15.4. The molecule has 26 heavy (non-hydrogen) atoms. The number of H-pyrrole nitrogens is 1. The van der Waals surface area contributed by atoms with E-state index < -0.39 is 0 Å². The summed E-state index contributed by atoms with van der Waals surface area (Å²) in [7, 11) is 0. The van der Waals surface area contributed by atoms with Crippen molar-refractivity contribution in [1.82, 2.24) is 14.9 Å². The molecule has 2 unspecified atom stereocenters. The van der Waals surface area contributed by atoms with Gasteiger partial charge in [-0.15, -0.1) is 0 Å². The third-order valence-corrected chi connectivity index (χ3v) is 5.87. The highest BCUT2D eigenvalue weighted by Crippen LogP contribution is 2.34. The molecule has 2 aromatic heterocycles. The number of pyridine rings is 1. The van der Waals surface area contributed by atoms with Crippen molar-refractivity contribution in [3.63, 3.8) is 0 Å². The van der Waals surface area contributed by atoms with Crippen LogP contribution in [-0.2, 0) is 6.54 Å². The fourth-order valence-corrected chi connectivity index (χ4v) is 4.51. The minimum absolute atomic E-state index is 0.592. The van der Waals surface area contributed by atoms with Crippen LogP contribution in [0.4, 0.5) is 5.82 Å². The second kappa shape index (κ2) is 6.15. The summed E-state index contributed by atoms with van der Waals surface area (Å²) in [5, 5.41) is 10.2. The van der Waals surface area contributed by atoms with Gasteiger partial charge in [-0.3, -0.25) is 4.90 Å². The first-order valence-electron chi connectivity index (χ1n) is 9.21. The van der Waals surface area contributed by atoms with E-state index in [2.05, 4.69) is 50.1 Å². The number of nitriles is 1. The fourth-order valence-electron chi connectivity index (χ4n) is 4.51. The zero-order chi connectivity index (χ0) is 17.5. The predicted molar refractivity (Wildman–Crippen MR) is 102 cm³/mol. The molecular formula is C21H21N5. The number of hydrogen-bond acceptors (Lipinski definition) is 4. The zero-order valence-corrected chi connectivity index (χ0v) is 14.6. The summed E-state index contributed by atoms with van der Waals surface area (Å²) in [4.78, 5) is 12.7. The van der Waals surface area contributed by atoms with E-state index >= 15 is 0 Å². The molecule has 2 saturated heterocycles. The SMILES string of the molecule is N#Cc1ccc(N2CC3CCN(Cc4ccc5[nH]ccc5c4)C3C2)nc1. The van der Waals surface area contributed by atoms with Crippen LogP contribution < -0.4 is 4.90 Å². The van der Waals surface area contributed by atoms with Crippen LogP contribution in [0.1, 0.15) is 17.5 Å². The normalized spacial score (nSPS) is 22.7. The van der Waals surface area contributed by atoms with Gasteiger partial charge in [-0.05, 0) is 60.2 Å². The topological polar surface area (TPSA) is 59.0 Å². The largest absolute Gasteiger partial charge is 0.361 e. The summed E-state index contributed by atoms with van der Waals surface area (Å²) in [6.45, 7) is 4.28. The van der Waals surface area contributed by atoms with Crippen LogP contribution in [0, 0.1) is 17.2 Å². The van der Waals surface area contributed by atoms with E-state index in [1.165, 1.54) is 29.4 Å². The Balaban J connectivity index is 1.31. The van der Waals surface area contributed by atoms with Crippen LogP contribution in [-0.4, -0.2) is 40.5 Å². The number of benzene rings is 1. The van der Waals surface area contributed by atoms with Gasteiger partial charge >= 0.3 is 0 Å². The summed E-state index contributed by atoms with van der Waals surface area (Å²) in [5.74, 6) is 1.70. The molecule has 5 heteroatoms. The van der Waals surface area contributed by atoms with Crippen molar-refractivity contribution < 1.29 is 0 Å². The van der Waals surface area contributed by atoms with Crippen LogP contribution in [0.2, 0.25) is 0 Å². The predicted octanol–water partition coefficient (Wildman–Crippen LogP) is 3.15. The number of nitrogens with zero attached hydrogens (tertiary/aromatic N) is 4. The summed E-state index contributed by atoms with van der Waals surface area (Å²) >= 11 is 0. The molecule has 2 fully saturated rings. The average Bonchev–Trinajstić information content (AvgIpc) is 3.38. The maximum atomic E-state index is 8.94. The van der Waals surface area contributed by atoms with Crippen molar-refractivity contribution in [3.05, 3.63) is 59.9 Å². The second-order valence-electron chi connectivity index (χ2n) is 7.41. The van der Waals surface area contributed by atoms with E-state index in [-0.39, 0.29) is 0 Å². The van der Waals surface area contributed by atoms with Gasteiger partial charge in [-0.1, -0.05) is 6.07 Å². The smallest absolute Gasteiger partial charge is 0.128 e. The molecule has 2 aliphatic rings. The average molecular weight is 343 g/mol. The summed E-state index contributed by atoms with van der Waals surface area (Å²) < 4.78 is 0. The lowest BCUT2D eigenvalue weighted by atomic mass is 10.0. The van der Waals surface area contributed by atoms with Crippen molar-refractivity contribution in [3.8, 4) is 6.07 Å². The molecule has 4 heterocycles. The molecule has 1 N–H and O–H groups in total. The van der Waals surface area contributed by atoms with E-state index in [0.29, 0.717) is 17.5 Å². The van der Waals surface area contributed by atoms with Gasteiger partial charge in [0, 0.05) is 43.6 Å². The van der Waals surface area contributed by atoms with Crippen molar-refractivity contribution in [2.45, 2.75) is 19.0 Å². The van der Waals surface area contributed by atoms with Crippen LogP contribution in [0.15, 0.2) is 48.8 Å². The molecule has 2 aliphatic heterocycles. The molecule has 2 atom stereocenters. The highest BCUT2D eigenvalue weighted by atomic mass is 15.3. The van der Waals surface area contributed by atoms with Crippen LogP contribution in [0.5, 0.6) is 0 Å². The summed E-state index contributed by atoms with van der Waals surface area (Å²) in [5.41, 5.74) is 3.20. The number of aromatic amines is 1. The number of fused-ring (bicyclic) bond motifs is 2. The standard InChI is InChI=1S/C21H21N5/c22-10-16-2-4-21(24-11-16)26-13-18-6-8-25(20(18)14-26)12-15-1-3-19-17(9-15)5-7-23-19/h1-5,7,9,11,18,20,23H,6,8,12-14H2. The number of aromatic nitrogens is 2. The van der Waals surface area contributed by atoms with Crippen molar-refractivity contribution in [2.75, 3.05) is 24.5 Å². The van der Waals surface area contributed by atoms with Gasteiger partial charge in [-0.2, -0.15) is 5.26 Å². The van der Waals surface area contributed by atoms with E-state index in [1.807, 2.05) is 18.3 Å². The van der Waals surface area contributed by atoms with Crippen molar-refractivity contribution >= 4 is 16.7 Å². The molecule has 5 rings (SSSR count). The molecular weight excluding hydrogens is 322 g/mol. The molecule has 0 spiro atoms. The van der Waals surface area contributed by atoms with Crippen LogP contribution in [0.25, 0.3) is 10.9 Å². The Hall–Kier alpha value is -2.84. The van der Waals surface area contributed by atoms with Crippen LogP contribution in [0.3, 0.4) is 0 Å². The van der Waals surface area contributed by atoms with E-state index in [4.69, 9.17) is 5.26 Å². The van der Waals surface area contributed by atoms with Gasteiger partial charge < -0.3 is 9.88 Å². The minimum Gasteiger partial charge on any atom is -0.361 e. The number of hydrogen-bond donors (Lipinski definition) is 1. The third kappa shape index (κ3) is 2.63. The summed E-state index contributed by atoms with van der Waals surface area (Å²) in [6, 6.07) is 15.4. The minimum atomic E-state index is 0.592. The molecule has 0 radical (unpaired) electrons. The molecule has 0 aliphatic carbocycles. The van der Waals surface area contributed by atoms with Gasteiger partial charge in [0.2, 0.25) is 0 Å². The van der Waals surface area contributed by atoms with E-state index in [9.17, 15) is 0 Å². The Morgan fingerprint density at radius 1 is 1.19 bits per heavy atom. The maximum absolute atomic E-state index is 8.94. The third-order valence-electron chi connectivity index (χ3n) is 5.87. The Labute approximate surface area is 152 Å². The lowest BCUT2D eigenvalue weighted by Gasteiger charge is -2.25. The Morgan fingerprint density at radius 2 is 2.15 bits per heavy atom. The monoisotopic (exact) mass is 343 g/mol. The van der Waals surface area contributed by atoms with E-state index in [0.717, 1.165) is 25.5 Å². The molecule has 1 aromatic carbocycles. The Morgan fingerprint density at radius 3 is 3.00 bits per heavy atom. The zero-order valence-electron chi connectivity index (χ0n) is 14.6. The first-order valence-corrected chi connectivity index (χ1v) is 9.21. The molecule has 0 saturated carbocycles. The summed E-state index contributed by atoms with van der Waals surface area (Å²) in [6.07, 6.45) is 4.93. The van der Waals surface area contributed by atoms with Gasteiger partial charge in [0.25, 0.3) is 0 Å². The number of anilines is 1. The molecule has 3 aromatic rings. The maximum Gasteiger partial charge on any atom is 0.128 e. The number of rotatable bonds is 3. The van der Waals surface area contributed by atoms with Gasteiger partial charge in [-0.25, -0.2) is 4.98 Å². The molecule has 0 bridgehead atoms. The quantitative estimate of drug-likeness (QED) is 0.794. The van der Waals surface area contributed by atoms with Crippen molar-refractivity contribution in [2.24, 2.45) is 5.92 Å². The number of likely N-dealkylation sites (tertiary alicyclic amines) is 1. The highest BCUT2D eigenvalue weighted by molar-refractivity contribution is 5.79. The van der Waals surface area contributed by atoms with E-state index in [1.54, 1.807) is 6.20 Å².